The van der Waals surface area contributed by atoms with Crippen LogP contribution in [0.1, 0.15) is 219 Å². The number of hydrogen-bond donors (Lipinski definition) is 0. The van der Waals surface area contributed by atoms with Gasteiger partial charge in [0.05, 0.1) is 0 Å². The Kier molecular flexibility index (Phi) is 39.0. The van der Waals surface area contributed by atoms with Crippen molar-refractivity contribution in [1.82, 2.24) is 0 Å². The van der Waals surface area contributed by atoms with E-state index in [0.717, 1.165) is 25.7 Å². The average Bonchev–Trinajstić information content (AvgIpc) is 2.93. The maximum atomic E-state index is 10.2. The molecule has 40 heavy (non-hydrogen) atoms. The Hall–Kier alpha value is -1.06. The summed E-state index contributed by atoms with van der Waals surface area (Å²) in [5.74, 6) is -1.81. The largest absolute Gasteiger partial charge is 0.550 e. The first-order valence-corrected chi connectivity index (χ1v) is 17.9. The molecule has 0 aromatic rings. The van der Waals surface area contributed by atoms with Crippen LogP contribution in [0.15, 0.2) is 0 Å². The first-order chi connectivity index (χ1) is 19.5. The predicted octanol–water partition coefficient (Wildman–Crippen LogP) is 10.00. The number of carbonyl (C=O) groups is 2. The fourth-order valence-corrected chi connectivity index (χ4v) is 5.28. The molecule has 0 amide bonds. The molecule has 0 saturated carbocycles. The number of carbonyl (C=O) groups excluding carboxylic acids is 2. The molecule has 0 aromatic carbocycles. The van der Waals surface area contributed by atoms with E-state index >= 15 is 0 Å². The lowest BCUT2D eigenvalue weighted by Crippen LogP contribution is -2.21. The second kappa shape index (κ2) is 37.9. The Labute approximate surface area is 250 Å². The van der Waals surface area contributed by atoms with Crippen molar-refractivity contribution >= 4 is 11.9 Å². The molecule has 4 heteroatoms. The van der Waals surface area contributed by atoms with Crippen molar-refractivity contribution in [1.29, 1.82) is 0 Å². The third-order valence-corrected chi connectivity index (χ3v) is 7.97. The van der Waals surface area contributed by atoms with Crippen molar-refractivity contribution in [2.24, 2.45) is 0 Å². The SMILES string of the molecule is CCCCCCCCCCCCCCCCCC(=O)[O-].CCCCCCCCCCCCCCCCCC(=O)[O-]. The molecule has 0 aliphatic heterocycles. The van der Waals surface area contributed by atoms with Crippen LogP contribution in [0, 0.1) is 0 Å². The van der Waals surface area contributed by atoms with Crippen LogP contribution in [-0.2, 0) is 9.59 Å². The summed E-state index contributed by atoms with van der Waals surface area (Å²) in [4.78, 5) is 20.4. The van der Waals surface area contributed by atoms with Gasteiger partial charge in [-0.3, -0.25) is 0 Å². The Bertz CT molecular complexity index is 447. The van der Waals surface area contributed by atoms with Crippen LogP contribution < -0.4 is 10.2 Å². The zero-order valence-electron chi connectivity index (χ0n) is 27.3. The minimum absolute atomic E-state index is 0.234. The van der Waals surface area contributed by atoms with E-state index in [1.54, 1.807) is 0 Å². The van der Waals surface area contributed by atoms with E-state index in [1.165, 1.54) is 167 Å². The molecule has 4 nitrogen and oxygen atoms in total. The highest BCUT2D eigenvalue weighted by Crippen LogP contribution is 2.15. The molecule has 0 N–H and O–H groups in total. The van der Waals surface area contributed by atoms with Gasteiger partial charge >= 0.3 is 0 Å². The van der Waals surface area contributed by atoms with Crippen molar-refractivity contribution in [2.45, 2.75) is 219 Å². The molecule has 240 valence electrons. The summed E-state index contributed by atoms with van der Waals surface area (Å²) in [6.07, 6.45) is 39.7. The molecular formula is C36H70O4-2. The lowest BCUT2D eigenvalue weighted by molar-refractivity contribution is -0.307. The van der Waals surface area contributed by atoms with E-state index in [2.05, 4.69) is 13.8 Å². The van der Waals surface area contributed by atoms with Crippen molar-refractivity contribution in [2.75, 3.05) is 0 Å². The van der Waals surface area contributed by atoms with E-state index in [0.29, 0.717) is 0 Å². The minimum Gasteiger partial charge on any atom is -0.550 e. The van der Waals surface area contributed by atoms with Crippen LogP contribution in [0.5, 0.6) is 0 Å². The second-order valence-corrected chi connectivity index (χ2v) is 12.1. The molecule has 0 spiro atoms. The summed E-state index contributed by atoms with van der Waals surface area (Å²) in [7, 11) is 0. The number of aliphatic carboxylic acids is 2. The summed E-state index contributed by atoms with van der Waals surface area (Å²) < 4.78 is 0. The molecule has 0 fully saturated rings. The summed E-state index contributed by atoms with van der Waals surface area (Å²) >= 11 is 0. The Morgan fingerprint density at radius 1 is 0.300 bits per heavy atom. The van der Waals surface area contributed by atoms with Crippen molar-refractivity contribution < 1.29 is 19.8 Å². The molecular weight excluding hydrogens is 496 g/mol. The van der Waals surface area contributed by atoms with Crippen molar-refractivity contribution in [3.63, 3.8) is 0 Å². The first-order valence-electron chi connectivity index (χ1n) is 17.9. The van der Waals surface area contributed by atoms with Gasteiger partial charge in [0.15, 0.2) is 0 Å². The van der Waals surface area contributed by atoms with Crippen LogP contribution in [0.4, 0.5) is 0 Å². The van der Waals surface area contributed by atoms with Crippen molar-refractivity contribution in [3.8, 4) is 0 Å². The zero-order valence-corrected chi connectivity index (χ0v) is 27.3. The van der Waals surface area contributed by atoms with Gasteiger partial charge in [0.2, 0.25) is 0 Å². The number of carboxylic acids is 2. The molecule has 0 rings (SSSR count). The van der Waals surface area contributed by atoms with Crippen LogP contribution >= 0.6 is 0 Å². The average molecular weight is 567 g/mol. The van der Waals surface area contributed by atoms with Gasteiger partial charge in [-0.25, -0.2) is 0 Å². The van der Waals surface area contributed by atoms with E-state index in [9.17, 15) is 19.8 Å². The van der Waals surface area contributed by atoms with Gasteiger partial charge in [0.25, 0.3) is 0 Å². The Balaban J connectivity index is 0. The molecule has 0 heterocycles. The number of unbranched alkanes of at least 4 members (excludes halogenated alkanes) is 28. The number of rotatable bonds is 32. The first kappa shape index (κ1) is 41.1. The monoisotopic (exact) mass is 567 g/mol. The topological polar surface area (TPSA) is 80.3 Å². The molecule has 0 aliphatic carbocycles. The Morgan fingerprint density at radius 3 is 0.600 bits per heavy atom. The van der Waals surface area contributed by atoms with Gasteiger partial charge in [-0.05, 0) is 25.7 Å². The van der Waals surface area contributed by atoms with Gasteiger partial charge in [0, 0.05) is 11.9 Å². The standard InChI is InChI=1S/2C18H36O2/c2*1-2-3-4-5-6-7-8-9-10-11-12-13-14-15-16-17-18(19)20/h2*2-17H2,1H3,(H,19,20)/p-2. The number of carboxylic acid groups (broad SMARTS) is 2. The molecule has 0 bridgehead atoms. The molecule has 0 aliphatic rings. The third-order valence-electron chi connectivity index (χ3n) is 7.97. The van der Waals surface area contributed by atoms with Gasteiger partial charge < -0.3 is 19.8 Å². The van der Waals surface area contributed by atoms with Crippen LogP contribution in [0.3, 0.4) is 0 Å². The lowest BCUT2D eigenvalue weighted by Gasteiger charge is -2.04. The maximum absolute atomic E-state index is 10.2. The second-order valence-electron chi connectivity index (χ2n) is 12.1. The third kappa shape index (κ3) is 44.0. The summed E-state index contributed by atoms with van der Waals surface area (Å²) in [6, 6.07) is 0. The van der Waals surface area contributed by atoms with Crippen LogP contribution in [0.25, 0.3) is 0 Å². The van der Waals surface area contributed by atoms with E-state index in [1.807, 2.05) is 0 Å². The van der Waals surface area contributed by atoms with E-state index < -0.39 is 11.9 Å². The normalized spacial score (nSPS) is 10.8. The van der Waals surface area contributed by atoms with Gasteiger partial charge in [0.1, 0.15) is 0 Å². The van der Waals surface area contributed by atoms with Gasteiger partial charge in [-0.1, -0.05) is 194 Å². The molecule has 0 unspecified atom stereocenters. The summed E-state index contributed by atoms with van der Waals surface area (Å²) in [6.45, 7) is 4.53. The highest BCUT2D eigenvalue weighted by Gasteiger charge is 1.96. The number of hydrogen-bond acceptors (Lipinski definition) is 4. The van der Waals surface area contributed by atoms with Gasteiger partial charge in [-0.2, -0.15) is 0 Å². The Morgan fingerprint density at radius 2 is 0.450 bits per heavy atom. The summed E-state index contributed by atoms with van der Waals surface area (Å²) in [5, 5.41) is 20.4. The van der Waals surface area contributed by atoms with Crippen LogP contribution in [0.2, 0.25) is 0 Å². The minimum atomic E-state index is -0.903. The highest BCUT2D eigenvalue weighted by molar-refractivity contribution is 5.64. The quantitative estimate of drug-likeness (QED) is 0.0759. The fourth-order valence-electron chi connectivity index (χ4n) is 5.28. The smallest absolute Gasteiger partial charge is 0.0414 e. The fraction of sp³-hybridized carbons (Fsp3) is 0.944. The van der Waals surface area contributed by atoms with E-state index in [-0.39, 0.29) is 12.8 Å². The molecule has 0 radical (unpaired) electrons. The lowest BCUT2D eigenvalue weighted by atomic mass is 10.0. The predicted molar refractivity (Wildman–Crippen MR) is 169 cm³/mol. The zero-order chi connectivity index (χ0) is 29.8. The van der Waals surface area contributed by atoms with Crippen molar-refractivity contribution in [3.05, 3.63) is 0 Å². The molecule has 0 atom stereocenters. The molecule has 0 aromatic heterocycles. The summed E-state index contributed by atoms with van der Waals surface area (Å²) in [5.41, 5.74) is 0. The van der Waals surface area contributed by atoms with E-state index in [4.69, 9.17) is 0 Å². The highest BCUT2D eigenvalue weighted by atomic mass is 16.4. The maximum Gasteiger partial charge on any atom is 0.0414 e. The molecule has 0 saturated heterocycles. The van der Waals surface area contributed by atoms with Gasteiger partial charge in [-0.15, -0.1) is 0 Å². The van der Waals surface area contributed by atoms with Crippen LogP contribution in [-0.4, -0.2) is 11.9 Å².